The van der Waals surface area contributed by atoms with E-state index in [-0.39, 0.29) is 30.7 Å². The zero-order valence-corrected chi connectivity index (χ0v) is 23.4. The summed E-state index contributed by atoms with van der Waals surface area (Å²) in [4.78, 5) is 35.8. The topological polar surface area (TPSA) is 146 Å². The van der Waals surface area contributed by atoms with Crippen molar-refractivity contribution in [3.8, 4) is 16.7 Å². The smallest absolute Gasteiger partial charge is 0.268 e. The second kappa shape index (κ2) is 12.1. The van der Waals surface area contributed by atoms with E-state index in [0.717, 1.165) is 10.4 Å². The second-order valence-electron chi connectivity index (χ2n) is 9.63. The number of Topliss-reactive ketones (excluding diaryl/α,β-unsaturated/α-hetero) is 1. The number of nitrogens with one attached hydrogen (secondary N) is 2. The number of nitriles is 1. The predicted molar refractivity (Wildman–Crippen MR) is 163 cm³/mol. The van der Waals surface area contributed by atoms with Crippen molar-refractivity contribution < 1.29 is 19.1 Å². The Morgan fingerprint density at radius 2 is 1.91 bits per heavy atom. The number of benzene rings is 3. The Labute approximate surface area is 249 Å². The molecule has 3 aromatic carbocycles. The standard InChI is InChI=1S/C32H24N6O4S/c33-15-20-5-4-8-22(13-20)26(39)16-35-23-9-10-25-24(14-23)36-32(38(25)18-27(40)21-6-2-1-3-7-21)37-31(41)30-12-11-29(43-30)28-17-34-19-42-28/h1-14,17,19,27,35,40H,16,18H2,(H,36,37,41)/t27-/m0/s1. The largest absolute Gasteiger partial charge is 0.443 e. The first-order valence-corrected chi connectivity index (χ1v) is 14.1. The minimum atomic E-state index is -0.853. The molecule has 43 heavy (non-hydrogen) atoms. The van der Waals surface area contributed by atoms with Crippen LogP contribution in [-0.4, -0.2) is 37.9 Å². The van der Waals surface area contributed by atoms with Gasteiger partial charge in [0.05, 0.1) is 57.8 Å². The first-order chi connectivity index (χ1) is 21.0. The first-order valence-electron chi connectivity index (χ1n) is 13.3. The number of oxazole rings is 1. The first kappa shape index (κ1) is 27.6. The highest BCUT2D eigenvalue weighted by Crippen LogP contribution is 2.30. The number of rotatable bonds is 10. The van der Waals surface area contributed by atoms with E-state index < -0.39 is 6.10 Å². The van der Waals surface area contributed by atoms with Gasteiger partial charge in [0.25, 0.3) is 5.91 Å². The molecular formula is C32H24N6O4S. The highest BCUT2D eigenvalue weighted by Gasteiger charge is 2.20. The molecule has 11 heteroatoms. The van der Waals surface area contributed by atoms with E-state index in [1.807, 2.05) is 48.5 Å². The SMILES string of the molecule is N#Cc1cccc(C(=O)CNc2ccc3c(c2)nc(NC(=O)c2ccc(-c4cnco4)s2)n3C[C@H](O)c2ccccc2)c1. The summed E-state index contributed by atoms with van der Waals surface area (Å²) >= 11 is 1.26. The number of aliphatic hydroxyl groups is 1. The van der Waals surface area contributed by atoms with Crippen LogP contribution in [-0.2, 0) is 6.54 Å². The van der Waals surface area contributed by atoms with Gasteiger partial charge in [-0.1, -0.05) is 42.5 Å². The molecule has 3 heterocycles. The van der Waals surface area contributed by atoms with E-state index in [0.29, 0.717) is 38.5 Å². The predicted octanol–water partition coefficient (Wildman–Crippen LogP) is 5.91. The van der Waals surface area contributed by atoms with Crippen molar-refractivity contribution in [2.75, 3.05) is 17.2 Å². The maximum absolute atomic E-state index is 13.3. The van der Waals surface area contributed by atoms with Crippen LogP contribution in [0.15, 0.2) is 102 Å². The Hall–Kier alpha value is -5.57. The zero-order valence-electron chi connectivity index (χ0n) is 22.6. The molecule has 3 aromatic heterocycles. The number of hydrogen-bond donors (Lipinski definition) is 3. The molecule has 6 aromatic rings. The highest BCUT2D eigenvalue weighted by atomic mass is 32.1. The van der Waals surface area contributed by atoms with Gasteiger partial charge < -0.3 is 19.4 Å². The summed E-state index contributed by atoms with van der Waals surface area (Å²) in [6.07, 6.45) is 2.06. The fraction of sp³-hybridized carbons (Fsp3) is 0.0938. The number of anilines is 2. The summed E-state index contributed by atoms with van der Waals surface area (Å²) in [5.74, 6) is 0.317. The second-order valence-corrected chi connectivity index (χ2v) is 10.7. The molecule has 1 atom stereocenters. The number of carbonyl (C=O) groups excluding carboxylic acids is 2. The van der Waals surface area contributed by atoms with E-state index in [1.165, 1.54) is 17.7 Å². The van der Waals surface area contributed by atoms with Crippen molar-refractivity contribution in [2.45, 2.75) is 12.6 Å². The lowest BCUT2D eigenvalue weighted by Crippen LogP contribution is -2.17. The van der Waals surface area contributed by atoms with Crippen LogP contribution in [0.4, 0.5) is 11.6 Å². The number of aliphatic hydroxyl groups excluding tert-OH is 1. The van der Waals surface area contributed by atoms with E-state index in [4.69, 9.17) is 9.68 Å². The number of nitrogens with zero attached hydrogens (tertiary/aromatic N) is 4. The summed E-state index contributed by atoms with van der Waals surface area (Å²) in [6.45, 7) is 0.160. The summed E-state index contributed by atoms with van der Waals surface area (Å²) in [7, 11) is 0. The molecule has 0 unspecified atom stereocenters. The number of fused-ring (bicyclic) bond motifs is 1. The van der Waals surface area contributed by atoms with E-state index in [9.17, 15) is 14.7 Å². The Balaban J connectivity index is 1.26. The monoisotopic (exact) mass is 588 g/mol. The maximum atomic E-state index is 13.3. The summed E-state index contributed by atoms with van der Waals surface area (Å²) in [5.41, 5.74) is 3.50. The van der Waals surface area contributed by atoms with Gasteiger partial charge in [0, 0.05) is 11.3 Å². The summed E-state index contributed by atoms with van der Waals surface area (Å²) < 4.78 is 7.10. The van der Waals surface area contributed by atoms with Crippen LogP contribution in [0, 0.1) is 11.3 Å². The Kier molecular flexibility index (Phi) is 7.78. The lowest BCUT2D eigenvalue weighted by molar-refractivity contribution is 0.100. The average molecular weight is 589 g/mol. The molecule has 212 valence electrons. The van der Waals surface area contributed by atoms with Gasteiger partial charge in [-0.25, -0.2) is 9.97 Å². The third kappa shape index (κ3) is 6.06. The maximum Gasteiger partial charge on any atom is 0.268 e. The van der Waals surface area contributed by atoms with Gasteiger partial charge in [-0.3, -0.25) is 14.9 Å². The van der Waals surface area contributed by atoms with Crippen LogP contribution in [0.3, 0.4) is 0 Å². The average Bonchev–Trinajstić information content (AvgIpc) is 3.81. The minimum Gasteiger partial charge on any atom is -0.443 e. The number of imidazole rings is 1. The molecule has 0 fully saturated rings. The third-order valence-corrected chi connectivity index (χ3v) is 7.88. The molecule has 0 saturated heterocycles. The van der Waals surface area contributed by atoms with Crippen LogP contribution in [0.25, 0.3) is 21.7 Å². The van der Waals surface area contributed by atoms with Crippen LogP contribution < -0.4 is 10.6 Å². The van der Waals surface area contributed by atoms with Crippen LogP contribution in [0.2, 0.25) is 0 Å². The summed E-state index contributed by atoms with van der Waals surface area (Å²) in [5, 5.41) is 26.2. The lowest BCUT2D eigenvalue weighted by atomic mass is 10.1. The quantitative estimate of drug-likeness (QED) is 0.168. The Bertz CT molecular complexity index is 1960. The van der Waals surface area contributed by atoms with Crippen LogP contribution in [0.5, 0.6) is 0 Å². The number of amides is 1. The molecule has 0 aliphatic heterocycles. The van der Waals surface area contributed by atoms with Crippen molar-refractivity contribution in [1.29, 1.82) is 5.26 Å². The fourth-order valence-corrected chi connectivity index (χ4v) is 5.47. The lowest BCUT2D eigenvalue weighted by Gasteiger charge is -2.15. The number of thiophene rings is 1. The Morgan fingerprint density at radius 3 is 2.70 bits per heavy atom. The minimum absolute atomic E-state index is 0.0172. The molecule has 0 bridgehead atoms. The molecule has 0 aliphatic carbocycles. The fourth-order valence-electron chi connectivity index (χ4n) is 4.61. The van der Waals surface area contributed by atoms with Crippen molar-refractivity contribution in [3.63, 3.8) is 0 Å². The number of hydrogen-bond acceptors (Lipinski definition) is 9. The van der Waals surface area contributed by atoms with Gasteiger partial charge in [0.2, 0.25) is 5.95 Å². The highest BCUT2D eigenvalue weighted by molar-refractivity contribution is 7.17. The van der Waals surface area contributed by atoms with Gasteiger partial charge in [0.1, 0.15) is 0 Å². The molecule has 0 aliphatic rings. The van der Waals surface area contributed by atoms with E-state index in [1.54, 1.807) is 53.2 Å². The summed E-state index contributed by atoms with van der Waals surface area (Å²) in [6, 6.07) is 26.8. The molecule has 0 spiro atoms. The molecule has 0 radical (unpaired) electrons. The van der Waals surface area contributed by atoms with Gasteiger partial charge in [0.15, 0.2) is 17.9 Å². The van der Waals surface area contributed by atoms with Crippen molar-refractivity contribution in [3.05, 3.63) is 119 Å². The van der Waals surface area contributed by atoms with Gasteiger partial charge in [-0.05, 0) is 48.0 Å². The zero-order chi connectivity index (χ0) is 29.8. The van der Waals surface area contributed by atoms with Gasteiger partial charge >= 0.3 is 0 Å². The van der Waals surface area contributed by atoms with Gasteiger partial charge in [-0.15, -0.1) is 11.3 Å². The number of aromatic nitrogens is 3. The van der Waals surface area contributed by atoms with Crippen molar-refractivity contribution in [1.82, 2.24) is 14.5 Å². The van der Waals surface area contributed by atoms with E-state index in [2.05, 4.69) is 20.6 Å². The number of carbonyl (C=O) groups is 2. The Morgan fingerprint density at radius 1 is 1.05 bits per heavy atom. The molecular weight excluding hydrogens is 564 g/mol. The molecule has 0 saturated carbocycles. The molecule has 1 amide bonds. The normalized spacial score (nSPS) is 11.6. The van der Waals surface area contributed by atoms with Crippen LogP contribution >= 0.6 is 11.3 Å². The molecule has 6 rings (SSSR count). The van der Waals surface area contributed by atoms with Gasteiger partial charge in [-0.2, -0.15) is 5.26 Å². The van der Waals surface area contributed by atoms with Crippen LogP contribution in [0.1, 0.15) is 37.3 Å². The molecule has 10 nitrogen and oxygen atoms in total. The van der Waals surface area contributed by atoms with E-state index >= 15 is 0 Å². The van der Waals surface area contributed by atoms with Crippen molar-refractivity contribution >= 4 is 45.7 Å². The number of ketones is 1. The molecule has 3 N–H and O–H groups in total. The third-order valence-electron chi connectivity index (χ3n) is 6.79. The van der Waals surface area contributed by atoms with Crippen molar-refractivity contribution in [2.24, 2.45) is 0 Å².